The second-order valence-corrected chi connectivity index (χ2v) is 7.72. The molecule has 2 aromatic rings. The number of para-hydroxylation sites is 1. The van der Waals surface area contributed by atoms with Crippen LogP contribution in [0.2, 0.25) is 0 Å². The standard InChI is InChI=1S/C24H25NO.3CO.Fe/c1-18(2)22-21-15-9-10-16-24(21,17-19-11-5-3-6-12-19)23(26)25(22)20-13-7-4-8-14-20;3*1-2;/h3-16,18,21-22H,17H2,1-2H3;;;;/t21-,22+,24+;;;;/m0..../s1. The van der Waals surface area contributed by atoms with Crippen LogP contribution in [0.15, 0.2) is 85.0 Å². The van der Waals surface area contributed by atoms with E-state index in [1.54, 1.807) is 0 Å². The minimum Gasteiger partial charge on any atom is 0 e. The van der Waals surface area contributed by atoms with E-state index in [0.29, 0.717) is 5.92 Å². The van der Waals surface area contributed by atoms with Crippen LogP contribution in [0.1, 0.15) is 19.4 Å². The van der Waals surface area contributed by atoms with Gasteiger partial charge in [0.1, 0.15) is 0 Å². The van der Waals surface area contributed by atoms with Crippen molar-refractivity contribution >= 4 is 11.6 Å². The number of allylic oxidation sites excluding steroid dienone is 2. The van der Waals surface area contributed by atoms with E-state index in [9.17, 15) is 4.79 Å². The van der Waals surface area contributed by atoms with Crippen LogP contribution in [0.5, 0.6) is 0 Å². The Morgan fingerprint density at radius 2 is 1.39 bits per heavy atom. The largest absolute Gasteiger partial charge is 0 e. The first kappa shape index (κ1) is 30.1. The molecule has 1 saturated heterocycles. The van der Waals surface area contributed by atoms with E-state index in [-0.39, 0.29) is 34.9 Å². The van der Waals surface area contributed by atoms with Gasteiger partial charge in [0.05, 0.1) is 5.41 Å². The maximum absolute atomic E-state index is 13.8. The number of carbonyl (C=O) groups excluding carboxylic acids is 1. The van der Waals surface area contributed by atoms with Gasteiger partial charge in [-0.3, -0.25) is 4.79 Å². The minimum absolute atomic E-state index is 0. The number of rotatable bonds is 4. The van der Waals surface area contributed by atoms with Crippen molar-refractivity contribution in [3.05, 3.63) is 110 Å². The molecule has 1 fully saturated rings. The summed E-state index contributed by atoms with van der Waals surface area (Å²) in [6.45, 7) is 17.9. The molecule has 170 valence electrons. The number of nitrogens with zero attached hydrogens (tertiary/aromatic N) is 1. The second kappa shape index (κ2) is 15.1. The van der Waals surface area contributed by atoms with Crippen molar-refractivity contribution < 1.29 is 35.8 Å². The Morgan fingerprint density at radius 3 is 1.91 bits per heavy atom. The maximum Gasteiger partial charge on any atom is 0 e. The first-order valence-corrected chi connectivity index (χ1v) is 10.0. The van der Waals surface area contributed by atoms with Crippen molar-refractivity contribution in [3.63, 3.8) is 0 Å². The average Bonchev–Trinajstić information content (AvgIpc) is 3.13. The molecule has 6 heteroatoms. The number of hydrogen-bond acceptors (Lipinski definition) is 1. The molecule has 0 bridgehead atoms. The van der Waals surface area contributed by atoms with E-state index in [1.165, 1.54) is 5.56 Å². The molecule has 4 rings (SSSR count). The average molecular weight is 483 g/mol. The molecule has 0 unspecified atom stereocenters. The Labute approximate surface area is 206 Å². The molecule has 1 aliphatic carbocycles. The third-order valence-corrected chi connectivity index (χ3v) is 5.76. The van der Waals surface area contributed by atoms with E-state index in [1.807, 2.05) is 42.5 Å². The van der Waals surface area contributed by atoms with Gasteiger partial charge in [0.15, 0.2) is 0 Å². The third-order valence-electron chi connectivity index (χ3n) is 5.76. The van der Waals surface area contributed by atoms with Crippen LogP contribution in [-0.2, 0) is 42.2 Å². The zero-order valence-corrected chi connectivity index (χ0v) is 19.6. The van der Waals surface area contributed by atoms with E-state index < -0.39 is 5.41 Å². The van der Waals surface area contributed by atoms with Crippen molar-refractivity contribution in [2.24, 2.45) is 17.3 Å². The van der Waals surface area contributed by atoms with Gasteiger partial charge in [-0.25, -0.2) is 0 Å². The van der Waals surface area contributed by atoms with Gasteiger partial charge < -0.3 is 4.90 Å². The SMILES string of the molecule is CC(C)[C@@H]1[C@@H]2C=CC=C[C@]2(Cc2ccccc2)C(=O)N1c1ccccc1.[C-]#[O+].[C-]#[O+].[C-]#[O+].[Fe]. The first-order chi connectivity index (χ1) is 15.6. The number of carbonyl (C=O) groups is 1. The Balaban J connectivity index is 0.00000136. The second-order valence-electron chi connectivity index (χ2n) is 7.72. The van der Waals surface area contributed by atoms with Crippen LogP contribution < -0.4 is 4.90 Å². The van der Waals surface area contributed by atoms with Gasteiger partial charge >= 0.3 is 33.9 Å². The van der Waals surface area contributed by atoms with Crippen LogP contribution in [-0.4, -0.2) is 11.9 Å². The summed E-state index contributed by atoms with van der Waals surface area (Å²) in [6, 6.07) is 20.7. The van der Waals surface area contributed by atoms with E-state index in [4.69, 9.17) is 14.0 Å². The molecule has 0 N–H and O–H groups in total. The fourth-order valence-electron chi connectivity index (χ4n) is 4.62. The Kier molecular flexibility index (Phi) is 13.7. The van der Waals surface area contributed by atoms with Crippen LogP contribution in [0.25, 0.3) is 0 Å². The van der Waals surface area contributed by atoms with Crippen molar-refractivity contribution in [3.8, 4) is 0 Å². The fourth-order valence-corrected chi connectivity index (χ4v) is 4.62. The van der Waals surface area contributed by atoms with E-state index >= 15 is 0 Å². The number of fused-ring (bicyclic) bond motifs is 1. The van der Waals surface area contributed by atoms with Gasteiger partial charge in [-0.15, -0.1) is 0 Å². The number of benzene rings is 2. The Bertz CT molecular complexity index is 965. The maximum atomic E-state index is 13.8. The summed E-state index contributed by atoms with van der Waals surface area (Å²) in [5.74, 6) is 0.773. The summed E-state index contributed by atoms with van der Waals surface area (Å²) < 4.78 is 22.5. The molecule has 2 aromatic carbocycles. The van der Waals surface area contributed by atoms with Crippen LogP contribution in [0.4, 0.5) is 5.69 Å². The Hall–Kier alpha value is -2.87. The summed E-state index contributed by atoms with van der Waals surface area (Å²) in [5, 5.41) is 0. The van der Waals surface area contributed by atoms with Gasteiger partial charge in [-0.05, 0) is 30.0 Å². The molecule has 2 aliphatic rings. The third kappa shape index (κ3) is 6.34. The predicted molar refractivity (Wildman–Crippen MR) is 119 cm³/mol. The zero-order valence-electron chi connectivity index (χ0n) is 18.5. The smallest absolute Gasteiger partial charge is 0 e. The number of hydrogen-bond donors (Lipinski definition) is 0. The molecule has 3 atom stereocenters. The van der Waals surface area contributed by atoms with E-state index in [0.717, 1.165) is 12.1 Å². The van der Waals surface area contributed by atoms with Gasteiger partial charge in [0, 0.05) is 34.7 Å². The molecular weight excluding hydrogens is 458 g/mol. The molecule has 0 saturated carbocycles. The number of amides is 1. The summed E-state index contributed by atoms with van der Waals surface area (Å²) in [5.41, 5.74) is 1.71. The molecule has 0 spiro atoms. The van der Waals surface area contributed by atoms with Crippen LogP contribution in [0, 0.1) is 37.2 Å². The normalized spacial score (nSPS) is 21.6. The molecule has 1 aliphatic heterocycles. The number of anilines is 1. The quantitative estimate of drug-likeness (QED) is 0.346. The van der Waals surface area contributed by atoms with Crippen molar-refractivity contribution in [1.82, 2.24) is 0 Å². The molecule has 33 heavy (non-hydrogen) atoms. The molecule has 0 aromatic heterocycles. The first-order valence-electron chi connectivity index (χ1n) is 10.0. The summed E-state index contributed by atoms with van der Waals surface area (Å²) in [7, 11) is 0. The van der Waals surface area contributed by atoms with Crippen molar-refractivity contribution in [1.29, 1.82) is 0 Å². The molecule has 1 heterocycles. The van der Waals surface area contributed by atoms with Gasteiger partial charge in [0.25, 0.3) is 0 Å². The van der Waals surface area contributed by atoms with Crippen molar-refractivity contribution in [2.45, 2.75) is 26.3 Å². The summed E-state index contributed by atoms with van der Waals surface area (Å²) >= 11 is 0. The van der Waals surface area contributed by atoms with Gasteiger partial charge in [-0.2, -0.15) is 0 Å². The monoisotopic (exact) mass is 483 g/mol. The summed E-state index contributed by atoms with van der Waals surface area (Å²) in [6.07, 6.45) is 9.28. The molecule has 5 nitrogen and oxygen atoms in total. The minimum atomic E-state index is -0.499. The van der Waals surface area contributed by atoms with Gasteiger partial charge in [0.2, 0.25) is 5.91 Å². The van der Waals surface area contributed by atoms with E-state index in [2.05, 4.69) is 81.2 Å². The van der Waals surface area contributed by atoms with Crippen molar-refractivity contribution in [2.75, 3.05) is 4.90 Å². The molecular formula is C27H25FeNO4. The molecule has 1 amide bonds. The van der Waals surface area contributed by atoms with Gasteiger partial charge in [-0.1, -0.05) is 86.7 Å². The van der Waals surface area contributed by atoms with Crippen LogP contribution in [0.3, 0.4) is 0 Å². The fraction of sp³-hybridized carbons (Fsp3) is 0.259. The summed E-state index contributed by atoms with van der Waals surface area (Å²) in [4.78, 5) is 15.9. The topological polar surface area (TPSA) is 80.0 Å². The predicted octanol–water partition coefficient (Wildman–Crippen LogP) is 4.91. The zero-order chi connectivity index (χ0) is 24.1. The molecule has 0 radical (unpaired) electrons. The Morgan fingerprint density at radius 1 is 0.879 bits per heavy atom. The van der Waals surface area contributed by atoms with Crippen LogP contribution >= 0.6 is 0 Å².